The minimum atomic E-state index is -1.07. The molecule has 6 N–H and O–H groups in total. The molecule has 20 heteroatoms. The van der Waals surface area contributed by atoms with Gasteiger partial charge in [-0.25, -0.2) is 9.59 Å². The van der Waals surface area contributed by atoms with E-state index in [1.54, 1.807) is 20.8 Å². The van der Waals surface area contributed by atoms with Gasteiger partial charge in [0.2, 0.25) is 11.8 Å². The Balaban J connectivity index is -0.000000264. The number of esters is 2. The van der Waals surface area contributed by atoms with Gasteiger partial charge in [-0.3, -0.25) is 28.8 Å². The number of imide groups is 1. The van der Waals surface area contributed by atoms with Crippen LogP contribution in [-0.2, 0) is 66.9 Å². The van der Waals surface area contributed by atoms with E-state index >= 15 is 0 Å². The second kappa shape index (κ2) is 27.2. The fraction of sp³-hybridized carbons (Fsp3) is 0.704. The van der Waals surface area contributed by atoms with Crippen LogP contribution in [-0.4, -0.2) is 130 Å². The summed E-state index contributed by atoms with van der Waals surface area (Å²) in [6, 6.07) is 0. The first-order valence-electron chi connectivity index (χ1n) is 13.6. The predicted molar refractivity (Wildman–Crippen MR) is 163 cm³/mol. The number of quaternary nitrogens is 1. The van der Waals surface area contributed by atoms with E-state index in [1.807, 2.05) is 20.8 Å². The summed E-state index contributed by atoms with van der Waals surface area (Å²) in [6.45, 7) is 10.1. The van der Waals surface area contributed by atoms with Gasteiger partial charge >= 0.3 is 23.9 Å². The summed E-state index contributed by atoms with van der Waals surface area (Å²) in [5.74, 6) is -4.27. The van der Waals surface area contributed by atoms with Crippen LogP contribution in [0.3, 0.4) is 0 Å². The lowest BCUT2D eigenvalue weighted by molar-refractivity contribution is -0.361. The van der Waals surface area contributed by atoms with E-state index in [-0.39, 0.29) is 82.2 Å². The van der Waals surface area contributed by atoms with Crippen molar-refractivity contribution in [2.24, 2.45) is 0 Å². The van der Waals surface area contributed by atoms with Gasteiger partial charge < -0.3 is 50.0 Å². The van der Waals surface area contributed by atoms with Crippen molar-refractivity contribution in [3.05, 3.63) is 0 Å². The number of methoxy groups -OCH3 is 3. The molecule has 4 amide bonds. The van der Waals surface area contributed by atoms with E-state index in [0.717, 1.165) is 0 Å². The lowest BCUT2D eigenvalue weighted by Gasteiger charge is -2.19. The first kappa shape index (κ1) is 50.0. The average Bonchev–Trinajstić information content (AvgIpc) is 3.22. The second-order valence-electron chi connectivity index (χ2n) is 10.7. The Labute approximate surface area is 279 Å². The highest BCUT2D eigenvalue weighted by Crippen LogP contribution is 2.12. The zero-order valence-corrected chi connectivity index (χ0v) is 29.2. The predicted octanol–water partition coefficient (Wildman–Crippen LogP) is -1.84. The number of halogens is 1. The molecule has 1 aliphatic heterocycles. The Morgan fingerprint density at radius 2 is 1.09 bits per heavy atom. The summed E-state index contributed by atoms with van der Waals surface area (Å²) in [7, 11) is 4.09. The largest absolute Gasteiger partial charge is 0.480 e. The van der Waals surface area contributed by atoms with Crippen LogP contribution < -0.4 is 16.4 Å². The number of carboxylic acids is 1. The summed E-state index contributed by atoms with van der Waals surface area (Å²) in [5.41, 5.74) is 2.50. The van der Waals surface area contributed by atoms with Crippen LogP contribution in [0.25, 0.3) is 0 Å². The maximum atomic E-state index is 11.1. The molecule has 19 nitrogen and oxygen atoms in total. The molecule has 0 aromatic rings. The summed E-state index contributed by atoms with van der Waals surface area (Å²) >= 11 is 0. The minimum absolute atomic E-state index is 0. The van der Waals surface area contributed by atoms with Crippen molar-refractivity contribution in [2.45, 2.75) is 65.6 Å². The molecule has 0 atom stereocenters. The van der Waals surface area contributed by atoms with Crippen LogP contribution in [0.4, 0.5) is 0 Å². The number of hydrogen-bond donors (Lipinski definition) is 4. The monoisotopic (exact) mass is 705 g/mol. The molecule has 0 aliphatic carbocycles. The van der Waals surface area contributed by atoms with Gasteiger partial charge in [0.1, 0.15) is 44.1 Å². The number of carboxylic acid groups (broad SMARTS) is 1. The van der Waals surface area contributed by atoms with E-state index in [1.165, 1.54) is 21.3 Å². The van der Waals surface area contributed by atoms with Crippen molar-refractivity contribution in [2.75, 3.05) is 60.8 Å². The molecule has 0 spiro atoms. The summed E-state index contributed by atoms with van der Waals surface area (Å²) < 4.78 is 23.3. The Morgan fingerprint density at radius 3 is 1.40 bits per heavy atom. The summed E-state index contributed by atoms with van der Waals surface area (Å²) in [5, 5.41) is 13.0. The van der Waals surface area contributed by atoms with Crippen LogP contribution in [0.2, 0.25) is 0 Å². The number of hydroxylamine groups is 2. The summed E-state index contributed by atoms with van der Waals surface area (Å²) in [4.78, 5) is 89.9. The van der Waals surface area contributed by atoms with Gasteiger partial charge in [0.05, 0.1) is 0 Å². The topological polar surface area (TPSA) is 267 Å². The highest BCUT2D eigenvalue weighted by atomic mass is 35.5. The third-order valence-corrected chi connectivity index (χ3v) is 3.92. The highest BCUT2D eigenvalue weighted by Gasteiger charge is 2.32. The lowest BCUT2D eigenvalue weighted by Crippen LogP contribution is -2.55. The highest BCUT2D eigenvalue weighted by molar-refractivity contribution is 6.01. The van der Waals surface area contributed by atoms with E-state index in [9.17, 15) is 38.4 Å². The summed E-state index contributed by atoms with van der Waals surface area (Å²) in [6.07, 6.45) is 0.193. The molecule has 0 saturated carbocycles. The quantitative estimate of drug-likeness (QED) is 0.128. The van der Waals surface area contributed by atoms with Crippen LogP contribution in [0.5, 0.6) is 0 Å². The number of rotatable bonds is 12. The van der Waals surface area contributed by atoms with E-state index in [2.05, 4.69) is 35.4 Å². The molecule has 1 rings (SSSR count). The van der Waals surface area contributed by atoms with Gasteiger partial charge in [-0.2, -0.15) is 0 Å². The Morgan fingerprint density at radius 1 is 0.702 bits per heavy atom. The Bertz CT molecular complexity index is 995. The second-order valence-corrected chi connectivity index (χ2v) is 10.7. The van der Waals surface area contributed by atoms with Crippen LogP contribution in [0.1, 0.15) is 54.4 Å². The molecule has 0 bridgehead atoms. The zero-order valence-electron chi connectivity index (χ0n) is 28.4. The van der Waals surface area contributed by atoms with Gasteiger partial charge in [-0.05, 0) is 41.5 Å². The fourth-order valence-corrected chi connectivity index (χ4v) is 2.38. The Kier molecular flexibility index (Phi) is 28.9. The number of nitrogens with one attached hydrogen (secondary N) is 2. The van der Waals surface area contributed by atoms with Crippen molar-refractivity contribution in [3.8, 4) is 0 Å². The number of amides is 4. The van der Waals surface area contributed by atoms with Crippen molar-refractivity contribution >= 4 is 59.9 Å². The first-order valence-corrected chi connectivity index (χ1v) is 13.6. The van der Waals surface area contributed by atoms with Crippen molar-refractivity contribution in [3.63, 3.8) is 0 Å². The van der Waals surface area contributed by atoms with Crippen molar-refractivity contribution in [1.29, 1.82) is 0 Å². The molecule has 0 aromatic carbocycles. The van der Waals surface area contributed by atoms with Gasteiger partial charge in [0, 0.05) is 34.2 Å². The number of ether oxygens (including phenoxy) is 5. The fourth-order valence-electron chi connectivity index (χ4n) is 2.38. The number of carbonyl (C=O) groups is 8. The third kappa shape index (κ3) is 34.8. The molecule has 1 saturated heterocycles. The molecular formula is C27H50ClN4O15+. The molecule has 0 unspecified atom stereocenters. The molecule has 0 radical (unpaired) electrons. The molecule has 1 aliphatic rings. The zero-order chi connectivity index (χ0) is 36.5. The lowest BCUT2D eigenvalue weighted by atomic mass is 10.2. The van der Waals surface area contributed by atoms with Gasteiger partial charge in [0.15, 0.2) is 6.54 Å². The molecule has 1 heterocycles. The van der Waals surface area contributed by atoms with Gasteiger partial charge in [-0.15, -0.1) is 17.5 Å². The Hall–Kier alpha value is -3.91. The number of hydrogen-bond acceptors (Lipinski definition) is 14. The molecular weight excluding hydrogens is 656 g/mol. The van der Waals surface area contributed by atoms with E-state index < -0.39 is 41.2 Å². The van der Waals surface area contributed by atoms with Crippen molar-refractivity contribution in [1.82, 2.24) is 15.7 Å². The SMILES string of the molecule is CC(C)(C)OC(=O)C[NH3+].COCC(=O)NCC(=O)O.COCC(=O)NCC(=O)OC(C)(C)C.COCC(=O)ON1C(=O)CCC1=O.Cl. The smallest absolute Gasteiger partial charge is 0.362 e. The van der Waals surface area contributed by atoms with Crippen LogP contribution >= 0.6 is 12.4 Å². The first-order chi connectivity index (χ1) is 21.1. The standard InChI is InChI=1S/C9H17NO4.C7H9NO5.C6H13NO2.C5H9NO4.ClH/c1-9(2,3)14-8(12)5-10-7(11)6-13-4;1-12-4-7(11)13-8-5(9)2-3-6(8)10;1-6(2,3)9-5(8)4-7;1-10-3-4(7)6-2-5(8)9;/h5-6H2,1-4H3,(H,10,11);2-4H2,1H3;4,7H2,1-3H3;2-3H2,1H3,(H,6,7)(H,8,9);1H/p+1. The number of nitrogens with zero attached hydrogens (tertiary/aromatic N) is 1. The maximum absolute atomic E-state index is 11.1. The average molecular weight is 706 g/mol. The van der Waals surface area contributed by atoms with E-state index in [4.69, 9.17) is 14.6 Å². The number of carbonyl (C=O) groups excluding carboxylic acids is 7. The molecule has 1 fully saturated rings. The van der Waals surface area contributed by atoms with E-state index in [0.29, 0.717) is 5.06 Å². The molecule has 0 aromatic heterocycles. The molecule has 274 valence electrons. The number of aliphatic carboxylic acids is 1. The van der Waals surface area contributed by atoms with Gasteiger partial charge in [0.25, 0.3) is 11.8 Å². The minimum Gasteiger partial charge on any atom is -0.480 e. The maximum Gasteiger partial charge on any atom is 0.362 e. The normalized spacial score (nSPS) is 11.8. The van der Waals surface area contributed by atoms with Crippen molar-refractivity contribution < 1.29 is 77.7 Å². The van der Waals surface area contributed by atoms with Gasteiger partial charge in [-0.1, -0.05) is 0 Å². The van der Waals surface area contributed by atoms with Crippen LogP contribution in [0, 0.1) is 0 Å². The third-order valence-electron chi connectivity index (χ3n) is 3.92. The molecule has 47 heavy (non-hydrogen) atoms. The van der Waals surface area contributed by atoms with Crippen LogP contribution in [0.15, 0.2) is 0 Å².